The maximum atomic E-state index is 11.2. The molecule has 0 rings (SSSR count). The molecule has 16 heavy (non-hydrogen) atoms. The number of hydrogen-bond acceptors (Lipinski definition) is 6. The van der Waals surface area contributed by atoms with E-state index in [1.165, 1.54) is 0 Å². The normalized spacial score (nSPS) is 8.44. The van der Waals surface area contributed by atoms with Crippen molar-refractivity contribution >= 4 is 17.9 Å². The van der Waals surface area contributed by atoms with Crippen LogP contribution in [-0.4, -0.2) is 31.1 Å². The fourth-order valence-corrected chi connectivity index (χ4v) is 0.704. The maximum Gasteiger partial charge on any atom is 1.00 e. The summed E-state index contributed by atoms with van der Waals surface area (Å²) in [6.45, 7) is 4.34. The summed E-state index contributed by atoms with van der Waals surface area (Å²) in [5, 5.41) is 0. The van der Waals surface area contributed by atoms with E-state index in [2.05, 4.69) is 14.2 Å². The molecule has 0 aliphatic rings. The second kappa shape index (κ2) is 9.50. The van der Waals surface area contributed by atoms with Crippen molar-refractivity contribution in [2.45, 2.75) is 20.8 Å². The van der Waals surface area contributed by atoms with Gasteiger partial charge in [0.2, 0.25) is 11.9 Å². The smallest absolute Gasteiger partial charge is 0.594 e. The molecule has 7 heteroatoms. The Morgan fingerprint density at radius 3 is 1.62 bits per heavy atom. The molecule has 0 spiro atoms. The van der Waals surface area contributed by atoms with Crippen molar-refractivity contribution in [1.82, 2.24) is 0 Å². The third-order valence-corrected chi connectivity index (χ3v) is 1.17. The SMILES string of the molecule is CCOC(=O)[C-](OC(C)=O)C(=O)OCC.[Na+]. The van der Waals surface area contributed by atoms with E-state index in [-0.39, 0.29) is 42.8 Å². The Labute approximate surface area is 116 Å². The summed E-state index contributed by atoms with van der Waals surface area (Å²) in [4.78, 5) is 32.9. The van der Waals surface area contributed by atoms with Crippen LogP contribution < -0.4 is 29.6 Å². The van der Waals surface area contributed by atoms with Gasteiger partial charge in [-0.2, -0.15) is 0 Å². The van der Waals surface area contributed by atoms with Crippen molar-refractivity contribution in [3.05, 3.63) is 6.10 Å². The van der Waals surface area contributed by atoms with Gasteiger partial charge in [0.05, 0.1) is 13.2 Å². The molecule has 0 aliphatic heterocycles. The Kier molecular flexibility index (Phi) is 10.5. The van der Waals surface area contributed by atoms with E-state index in [0.717, 1.165) is 6.92 Å². The first-order valence-electron chi connectivity index (χ1n) is 4.42. The molecule has 0 aliphatic carbocycles. The number of rotatable bonds is 5. The van der Waals surface area contributed by atoms with Crippen LogP contribution in [0.4, 0.5) is 0 Å². The summed E-state index contributed by atoms with van der Waals surface area (Å²) >= 11 is 0. The van der Waals surface area contributed by atoms with Crippen LogP contribution in [0.2, 0.25) is 0 Å². The third-order valence-electron chi connectivity index (χ3n) is 1.17. The van der Waals surface area contributed by atoms with Crippen LogP contribution in [0.25, 0.3) is 0 Å². The third kappa shape index (κ3) is 6.71. The molecule has 0 N–H and O–H groups in total. The van der Waals surface area contributed by atoms with Crippen molar-refractivity contribution in [2.24, 2.45) is 0 Å². The van der Waals surface area contributed by atoms with E-state index in [0.29, 0.717) is 0 Å². The predicted octanol–water partition coefficient (Wildman–Crippen LogP) is -2.79. The summed E-state index contributed by atoms with van der Waals surface area (Å²) in [6.07, 6.45) is -0.744. The van der Waals surface area contributed by atoms with Gasteiger partial charge in [0, 0.05) is 6.92 Å². The summed E-state index contributed by atoms with van der Waals surface area (Å²) in [5.74, 6) is -2.80. The van der Waals surface area contributed by atoms with Gasteiger partial charge < -0.3 is 14.2 Å². The molecule has 0 aromatic heterocycles. The second-order valence-corrected chi connectivity index (χ2v) is 2.36. The van der Waals surface area contributed by atoms with E-state index in [4.69, 9.17) is 0 Å². The van der Waals surface area contributed by atoms with E-state index in [1.807, 2.05) is 0 Å². The first kappa shape index (κ1) is 17.7. The molecule has 0 heterocycles. The molecule has 0 fully saturated rings. The van der Waals surface area contributed by atoms with Crippen LogP contribution in [0.5, 0.6) is 0 Å². The van der Waals surface area contributed by atoms with Crippen LogP contribution in [0, 0.1) is 6.10 Å². The van der Waals surface area contributed by atoms with Gasteiger partial charge in [-0.1, -0.05) is 0 Å². The molecular formula is C9H13NaO6. The Morgan fingerprint density at radius 1 is 1.00 bits per heavy atom. The minimum Gasteiger partial charge on any atom is -0.594 e. The Morgan fingerprint density at radius 2 is 1.38 bits per heavy atom. The predicted molar refractivity (Wildman–Crippen MR) is 48.3 cm³/mol. The number of carbonyl (C=O) groups excluding carboxylic acids is 3. The quantitative estimate of drug-likeness (QED) is 0.170. The van der Waals surface area contributed by atoms with Gasteiger partial charge in [0.15, 0.2) is 0 Å². The first-order valence-corrected chi connectivity index (χ1v) is 4.42. The summed E-state index contributed by atoms with van der Waals surface area (Å²) < 4.78 is 13.4. The van der Waals surface area contributed by atoms with Crippen molar-refractivity contribution in [3.8, 4) is 0 Å². The fourth-order valence-electron chi connectivity index (χ4n) is 0.704. The molecule has 0 saturated heterocycles. The van der Waals surface area contributed by atoms with Gasteiger partial charge >= 0.3 is 29.6 Å². The molecule has 0 amide bonds. The standard InChI is InChI=1S/C9H13O6.Na/c1-4-13-8(11)7(15-6(3)10)9(12)14-5-2;/h4-5H2,1-3H3;/q-1;+1. The molecule has 6 nitrogen and oxygen atoms in total. The number of esters is 3. The molecule has 86 valence electrons. The van der Waals surface area contributed by atoms with Gasteiger partial charge in [-0.05, 0) is 20.0 Å². The molecular weight excluding hydrogens is 227 g/mol. The van der Waals surface area contributed by atoms with Gasteiger partial charge in [-0.25, -0.2) is 0 Å². The number of hydrogen-bond donors (Lipinski definition) is 0. The Bertz CT molecular complexity index is 234. The average molecular weight is 240 g/mol. The minimum absolute atomic E-state index is 0. The zero-order valence-electron chi connectivity index (χ0n) is 9.86. The van der Waals surface area contributed by atoms with Crippen molar-refractivity contribution in [3.63, 3.8) is 0 Å². The average Bonchev–Trinajstić information content (AvgIpc) is 2.14. The van der Waals surface area contributed by atoms with Crippen LogP contribution in [0.15, 0.2) is 0 Å². The Hall–Kier alpha value is -0.720. The zero-order valence-corrected chi connectivity index (χ0v) is 11.9. The minimum atomic E-state index is -1.01. The van der Waals surface area contributed by atoms with Crippen LogP contribution in [0.1, 0.15) is 20.8 Å². The second-order valence-electron chi connectivity index (χ2n) is 2.36. The molecule has 0 unspecified atom stereocenters. The molecule has 0 saturated carbocycles. The van der Waals surface area contributed by atoms with Crippen LogP contribution in [-0.2, 0) is 28.6 Å². The topological polar surface area (TPSA) is 78.9 Å². The maximum absolute atomic E-state index is 11.2. The van der Waals surface area contributed by atoms with Gasteiger partial charge in [-0.3, -0.25) is 14.4 Å². The van der Waals surface area contributed by atoms with E-state index >= 15 is 0 Å². The molecule has 0 bridgehead atoms. The van der Waals surface area contributed by atoms with Gasteiger partial charge in [-0.15, -0.1) is 0 Å². The largest absolute Gasteiger partial charge is 1.00 e. The molecule has 0 atom stereocenters. The summed E-state index contributed by atoms with van der Waals surface area (Å²) in [6, 6.07) is 0. The van der Waals surface area contributed by atoms with E-state index in [1.54, 1.807) is 13.8 Å². The fraction of sp³-hybridized carbons (Fsp3) is 0.556. The van der Waals surface area contributed by atoms with Crippen molar-refractivity contribution < 1.29 is 58.2 Å². The monoisotopic (exact) mass is 240 g/mol. The molecule has 0 aromatic carbocycles. The summed E-state index contributed by atoms with van der Waals surface area (Å²) in [7, 11) is 0. The first-order chi connectivity index (χ1) is 7.02. The van der Waals surface area contributed by atoms with Gasteiger partial charge in [0.25, 0.3) is 5.97 Å². The van der Waals surface area contributed by atoms with E-state index in [9.17, 15) is 14.4 Å². The zero-order chi connectivity index (χ0) is 11.8. The van der Waals surface area contributed by atoms with Crippen LogP contribution >= 0.6 is 0 Å². The summed E-state index contributed by atoms with van der Waals surface area (Å²) in [5.41, 5.74) is 0. The van der Waals surface area contributed by atoms with E-state index < -0.39 is 24.0 Å². The Balaban J connectivity index is 0. The number of carbonyl (C=O) groups is 3. The number of ether oxygens (including phenoxy) is 3. The molecule has 0 aromatic rings. The molecule has 0 radical (unpaired) electrons. The van der Waals surface area contributed by atoms with Crippen LogP contribution in [0.3, 0.4) is 0 Å². The van der Waals surface area contributed by atoms with Crippen molar-refractivity contribution in [1.29, 1.82) is 0 Å². The van der Waals surface area contributed by atoms with Gasteiger partial charge in [0.1, 0.15) is 0 Å². The van der Waals surface area contributed by atoms with Crippen molar-refractivity contribution in [2.75, 3.05) is 13.2 Å².